The maximum absolute atomic E-state index is 13.9. The first kappa shape index (κ1) is 52.5. The highest BCUT2D eigenvalue weighted by molar-refractivity contribution is 5.99. The molecule has 348 valence electrons. The van der Waals surface area contributed by atoms with Gasteiger partial charge in [-0.15, -0.1) is 0 Å². The number of fused-ring (bicyclic) bond motifs is 1. The number of nitrogens with one attached hydrogen (secondary N) is 7. The van der Waals surface area contributed by atoms with Crippen molar-refractivity contribution in [1.29, 1.82) is 0 Å². The molecule has 0 radical (unpaired) electrons. The summed E-state index contributed by atoms with van der Waals surface area (Å²) >= 11 is 0. The summed E-state index contributed by atoms with van der Waals surface area (Å²) in [6, 6.07) is -3.79. The number of hydrogen-bond acceptors (Lipinski definition) is 12. The van der Waals surface area contributed by atoms with E-state index in [0.29, 0.717) is 22.9 Å². The third-order valence-electron chi connectivity index (χ3n) is 10.2. The molecule has 0 aliphatic rings. The summed E-state index contributed by atoms with van der Waals surface area (Å²) in [5.41, 5.74) is 17.6. The third-order valence-corrected chi connectivity index (χ3v) is 10.2. The predicted molar refractivity (Wildman–Crippen MR) is 224 cm³/mol. The smallest absolute Gasteiger partial charge is 0.326 e. The average Bonchev–Trinajstić information content (AvgIpc) is 3.61. The van der Waals surface area contributed by atoms with E-state index in [-0.39, 0.29) is 19.3 Å². The fourth-order valence-electron chi connectivity index (χ4n) is 6.29. The van der Waals surface area contributed by atoms with E-state index in [0.717, 1.165) is 6.92 Å². The molecular formula is C40H60N10O13. The number of aliphatic hydroxyl groups is 1. The van der Waals surface area contributed by atoms with Gasteiger partial charge < -0.3 is 69.4 Å². The number of carboxylic acid groups (broad SMARTS) is 2. The van der Waals surface area contributed by atoms with Crippen molar-refractivity contribution in [3.63, 3.8) is 0 Å². The topological polar surface area (TPSA) is 397 Å². The minimum atomic E-state index is -1.83. The lowest BCUT2D eigenvalue weighted by Gasteiger charge is -2.29. The Morgan fingerprint density at radius 1 is 0.651 bits per heavy atom. The molecule has 16 N–H and O–H groups in total. The summed E-state index contributed by atoms with van der Waals surface area (Å²) in [6.45, 7) is 7.56. The molecule has 2 rings (SSSR count). The number of rotatable bonds is 27. The van der Waals surface area contributed by atoms with Gasteiger partial charge >= 0.3 is 11.9 Å². The van der Waals surface area contributed by atoms with Crippen molar-refractivity contribution in [2.45, 2.75) is 128 Å². The van der Waals surface area contributed by atoms with Crippen LogP contribution in [0.5, 0.6) is 0 Å². The number of hydrogen-bond donors (Lipinski definition) is 13. The van der Waals surface area contributed by atoms with E-state index in [9.17, 15) is 63.3 Å². The highest BCUT2D eigenvalue weighted by Crippen LogP contribution is 2.20. The van der Waals surface area contributed by atoms with Crippen LogP contribution in [0.1, 0.15) is 78.7 Å². The van der Waals surface area contributed by atoms with Crippen LogP contribution in [-0.2, 0) is 54.4 Å². The quantitative estimate of drug-likeness (QED) is 0.0429. The molecule has 1 aromatic carbocycles. The Morgan fingerprint density at radius 2 is 1.19 bits per heavy atom. The minimum Gasteiger partial charge on any atom is -0.481 e. The Hall–Kier alpha value is -6.62. The summed E-state index contributed by atoms with van der Waals surface area (Å²) in [5, 5.41) is 44.7. The molecule has 1 heterocycles. The first-order valence-electron chi connectivity index (χ1n) is 20.3. The summed E-state index contributed by atoms with van der Waals surface area (Å²) < 4.78 is 0. The van der Waals surface area contributed by atoms with Gasteiger partial charge in [-0.3, -0.25) is 43.2 Å². The standard InChI is InChI=1S/C40H60N10O13/c1-6-19(4)32(40(62)63)49-37(59)26(15-21-17-44-24-10-8-7-9-22(21)24)46-36(58)27(16-29(43)53)47-35(57)25(12-14-30(54)55)45-39(61)33(20(5)51)50-38(60)31(18(2)3)48-34(56)23(41)11-13-28(42)52/h7-10,17-20,23,25-27,31-33,44,51H,6,11-16,41H2,1-5H3,(H2,42,52)(H2,43,53)(H,45,61)(H,46,58)(H,47,57)(H,48,56)(H,49,59)(H,50,60)(H,54,55)(H,62,63)/t19-,20+,23-,25-,26-,27-,31-,32-,33-/m0/s1. The van der Waals surface area contributed by atoms with E-state index in [2.05, 4.69) is 36.9 Å². The van der Waals surface area contributed by atoms with Gasteiger partial charge in [-0.25, -0.2) is 4.79 Å². The van der Waals surface area contributed by atoms with E-state index in [4.69, 9.17) is 17.2 Å². The number of carboxylic acids is 2. The Morgan fingerprint density at radius 3 is 1.75 bits per heavy atom. The molecule has 23 nitrogen and oxygen atoms in total. The lowest BCUT2D eigenvalue weighted by atomic mass is 9.98. The van der Waals surface area contributed by atoms with Gasteiger partial charge in [0.2, 0.25) is 47.3 Å². The third kappa shape index (κ3) is 16.6. The highest BCUT2D eigenvalue weighted by atomic mass is 16.4. The summed E-state index contributed by atoms with van der Waals surface area (Å²) in [5.74, 6) is -11.9. The maximum Gasteiger partial charge on any atom is 0.326 e. The molecule has 0 bridgehead atoms. The molecule has 0 spiro atoms. The molecule has 0 saturated carbocycles. The molecular weight excluding hydrogens is 828 g/mol. The largest absolute Gasteiger partial charge is 0.481 e. The monoisotopic (exact) mass is 888 g/mol. The zero-order valence-corrected chi connectivity index (χ0v) is 35.8. The van der Waals surface area contributed by atoms with E-state index in [1.165, 1.54) is 0 Å². The number of amides is 8. The van der Waals surface area contributed by atoms with Crippen molar-refractivity contribution in [2.75, 3.05) is 0 Å². The van der Waals surface area contributed by atoms with Crippen LogP contribution in [0, 0.1) is 11.8 Å². The lowest BCUT2D eigenvalue weighted by molar-refractivity contribution is -0.144. The first-order chi connectivity index (χ1) is 29.5. The number of aliphatic hydroxyl groups excluding tert-OH is 1. The van der Waals surface area contributed by atoms with E-state index in [1.54, 1.807) is 58.2 Å². The number of carbonyl (C=O) groups is 10. The van der Waals surface area contributed by atoms with Crippen LogP contribution in [0.3, 0.4) is 0 Å². The van der Waals surface area contributed by atoms with E-state index < -0.39 is 139 Å². The average molecular weight is 889 g/mol. The van der Waals surface area contributed by atoms with Crippen molar-refractivity contribution < 1.29 is 63.3 Å². The zero-order chi connectivity index (χ0) is 47.7. The molecule has 0 unspecified atom stereocenters. The van der Waals surface area contributed by atoms with Crippen molar-refractivity contribution in [1.82, 2.24) is 36.9 Å². The van der Waals surface area contributed by atoms with Crippen LogP contribution in [0.15, 0.2) is 30.5 Å². The lowest BCUT2D eigenvalue weighted by Crippen LogP contribution is -2.62. The number of H-pyrrole nitrogens is 1. The molecule has 0 aliphatic heterocycles. The second-order valence-corrected chi connectivity index (χ2v) is 15.6. The molecule has 63 heavy (non-hydrogen) atoms. The van der Waals surface area contributed by atoms with Gasteiger partial charge in [0, 0.05) is 36.4 Å². The molecule has 2 aromatic rings. The normalized spacial score (nSPS) is 15.5. The summed E-state index contributed by atoms with van der Waals surface area (Å²) in [4.78, 5) is 131. The van der Waals surface area contributed by atoms with Gasteiger partial charge in [0.1, 0.15) is 36.3 Å². The zero-order valence-electron chi connectivity index (χ0n) is 35.8. The van der Waals surface area contributed by atoms with Gasteiger partial charge in [0.25, 0.3) is 0 Å². The molecule has 0 saturated heterocycles. The number of aromatic nitrogens is 1. The van der Waals surface area contributed by atoms with Gasteiger partial charge in [0.05, 0.1) is 18.6 Å². The number of para-hydroxylation sites is 1. The van der Waals surface area contributed by atoms with Crippen molar-refractivity contribution in [2.24, 2.45) is 29.0 Å². The molecule has 0 fully saturated rings. The molecule has 9 atom stereocenters. The fraction of sp³-hybridized carbons (Fsp3) is 0.550. The number of carbonyl (C=O) groups excluding carboxylic acids is 8. The van der Waals surface area contributed by atoms with Crippen LogP contribution in [0.25, 0.3) is 10.9 Å². The van der Waals surface area contributed by atoms with Crippen LogP contribution in [0.2, 0.25) is 0 Å². The highest BCUT2D eigenvalue weighted by Gasteiger charge is 2.37. The number of aromatic amines is 1. The Kier molecular flexibility index (Phi) is 20.6. The van der Waals surface area contributed by atoms with Crippen molar-refractivity contribution >= 4 is 70.1 Å². The van der Waals surface area contributed by atoms with Crippen LogP contribution >= 0.6 is 0 Å². The van der Waals surface area contributed by atoms with E-state index in [1.807, 2.05) is 0 Å². The Bertz CT molecular complexity index is 1990. The Labute approximate surface area is 362 Å². The SMILES string of the molecule is CC[C@H](C)[C@H](NC(=O)[C@H](Cc1c[nH]c2ccccc12)NC(=O)[C@H](CC(N)=O)NC(=O)[C@H](CCC(=O)O)NC(=O)[C@@H](NC(=O)[C@@H](NC(=O)[C@@H](N)CCC(N)=O)C(C)C)[C@@H](C)O)C(=O)O. The van der Waals surface area contributed by atoms with Crippen molar-refractivity contribution in [3.8, 4) is 0 Å². The fourth-order valence-corrected chi connectivity index (χ4v) is 6.29. The maximum atomic E-state index is 13.9. The van der Waals surface area contributed by atoms with Gasteiger partial charge in [0.15, 0.2) is 0 Å². The molecule has 1 aromatic heterocycles. The first-order valence-corrected chi connectivity index (χ1v) is 20.3. The minimum absolute atomic E-state index is 0.124. The number of nitrogens with two attached hydrogens (primary N) is 3. The van der Waals surface area contributed by atoms with Gasteiger partial charge in [-0.1, -0.05) is 52.3 Å². The van der Waals surface area contributed by atoms with Crippen LogP contribution in [-0.4, -0.2) is 128 Å². The second-order valence-electron chi connectivity index (χ2n) is 15.6. The number of benzene rings is 1. The van der Waals surface area contributed by atoms with E-state index >= 15 is 0 Å². The molecule has 8 amide bonds. The Balaban J connectivity index is 2.40. The van der Waals surface area contributed by atoms with Crippen LogP contribution < -0.4 is 49.1 Å². The molecule has 23 heteroatoms. The number of primary amides is 2. The van der Waals surface area contributed by atoms with Crippen LogP contribution in [0.4, 0.5) is 0 Å². The summed E-state index contributed by atoms with van der Waals surface area (Å²) in [6.07, 6.45) is -2.40. The summed E-state index contributed by atoms with van der Waals surface area (Å²) in [7, 11) is 0. The van der Waals surface area contributed by atoms with Crippen molar-refractivity contribution in [3.05, 3.63) is 36.0 Å². The van der Waals surface area contributed by atoms with Gasteiger partial charge in [-0.05, 0) is 43.2 Å². The predicted octanol–water partition coefficient (Wildman–Crippen LogP) is -2.88. The molecule has 0 aliphatic carbocycles. The number of aliphatic carboxylic acids is 2. The van der Waals surface area contributed by atoms with Gasteiger partial charge in [-0.2, -0.15) is 0 Å². The second kappa shape index (κ2) is 24.7.